The molecule has 0 bridgehead atoms. The first-order chi connectivity index (χ1) is 14.3. The predicted molar refractivity (Wildman–Crippen MR) is 118 cm³/mol. The summed E-state index contributed by atoms with van der Waals surface area (Å²) in [6.45, 7) is 7.56. The Balaban J connectivity index is 0.000000396. The molecule has 1 aromatic carbocycles. The normalized spacial score (nSPS) is 17.1. The summed E-state index contributed by atoms with van der Waals surface area (Å²) < 4.78 is 21.3. The van der Waals surface area contributed by atoms with Crippen LogP contribution in [0.4, 0.5) is 11.6 Å². The molecule has 0 saturated carbocycles. The minimum absolute atomic E-state index is 0.00355. The van der Waals surface area contributed by atoms with Crippen LogP contribution in [-0.2, 0) is 25.1 Å². The highest BCUT2D eigenvalue weighted by Gasteiger charge is 2.09. The summed E-state index contributed by atoms with van der Waals surface area (Å²) in [5, 5.41) is 6.34. The molecule has 0 radical (unpaired) electrons. The summed E-state index contributed by atoms with van der Waals surface area (Å²) in [6.07, 6.45) is 8.76. The van der Waals surface area contributed by atoms with Crippen molar-refractivity contribution in [2.45, 2.75) is 37.5 Å². The molecule has 2 atom stereocenters. The number of benzene rings is 1. The second-order valence-corrected chi connectivity index (χ2v) is 8.75. The van der Waals surface area contributed by atoms with Crippen molar-refractivity contribution in [3.8, 4) is 0 Å². The molecular formula is C21H28N4O4S. The van der Waals surface area contributed by atoms with Crippen LogP contribution in [0.3, 0.4) is 0 Å². The van der Waals surface area contributed by atoms with Gasteiger partial charge in [0.05, 0.1) is 22.3 Å². The highest BCUT2D eigenvalue weighted by atomic mass is 32.2. The molecule has 1 aliphatic rings. The van der Waals surface area contributed by atoms with E-state index in [-0.39, 0.29) is 11.8 Å². The molecule has 9 heteroatoms. The van der Waals surface area contributed by atoms with Gasteiger partial charge in [0.2, 0.25) is 5.95 Å². The van der Waals surface area contributed by atoms with E-state index in [1.165, 1.54) is 0 Å². The number of hydrogen-bond acceptors (Lipinski definition) is 8. The number of carbonyl (C=O) groups is 1. The molecule has 1 aromatic heterocycles. The first-order valence-corrected chi connectivity index (χ1v) is 11.0. The lowest BCUT2D eigenvalue weighted by Crippen LogP contribution is -2.19. The van der Waals surface area contributed by atoms with Gasteiger partial charge in [-0.05, 0) is 44.5 Å². The zero-order chi connectivity index (χ0) is 22.0. The van der Waals surface area contributed by atoms with Gasteiger partial charge in [0.25, 0.3) is 6.47 Å². The number of nitrogens with zero attached hydrogens (tertiary/aromatic N) is 2. The summed E-state index contributed by atoms with van der Waals surface area (Å²) in [5.74, 6) is 0.478. The third kappa shape index (κ3) is 8.81. The average molecular weight is 433 g/mol. The van der Waals surface area contributed by atoms with E-state index < -0.39 is 10.8 Å². The SMILES string of the molecule is CC(C)(C)OC=O.CS(=O)c1cnc(Nc2ccc(C=CC3NCCO3)cc2)nc1. The van der Waals surface area contributed by atoms with E-state index in [1.54, 1.807) is 18.6 Å². The molecule has 0 aliphatic carbocycles. The van der Waals surface area contributed by atoms with Crippen molar-refractivity contribution in [1.82, 2.24) is 15.3 Å². The smallest absolute Gasteiger partial charge is 0.293 e. The van der Waals surface area contributed by atoms with Gasteiger partial charge < -0.3 is 14.8 Å². The molecule has 2 heterocycles. The Bertz CT molecular complexity index is 843. The Morgan fingerprint density at radius 1 is 1.23 bits per heavy atom. The number of nitrogens with one attached hydrogen (secondary N) is 2. The van der Waals surface area contributed by atoms with E-state index in [2.05, 4.69) is 25.3 Å². The molecule has 2 unspecified atom stereocenters. The third-order valence-electron chi connectivity index (χ3n) is 3.74. The zero-order valence-electron chi connectivity index (χ0n) is 17.6. The molecule has 2 N–H and O–H groups in total. The van der Waals surface area contributed by atoms with Crippen LogP contribution in [0, 0.1) is 0 Å². The molecule has 1 fully saturated rings. The lowest BCUT2D eigenvalue weighted by Gasteiger charge is -2.14. The largest absolute Gasteiger partial charge is 0.462 e. The van der Waals surface area contributed by atoms with Gasteiger partial charge in [-0.15, -0.1) is 0 Å². The summed E-state index contributed by atoms with van der Waals surface area (Å²) >= 11 is 0. The van der Waals surface area contributed by atoms with Crippen LogP contribution in [0.2, 0.25) is 0 Å². The van der Waals surface area contributed by atoms with Crippen LogP contribution in [0.15, 0.2) is 47.6 Å². The van der Waals surface area contributed by atoms with E-state index in [0.29, 0.717) is 17.3 Å². The number of ether oxygens (including phenoxy) is 2. The summed E-state index contributed by atoms with van der Waals surface area (Å²) in [4.78, 5) is 18.5. The fourth-order valence-corrected chi connectivity index (χ4v) is 2.65. The maximum Gasteiger partial charge on any atom is 0.293 e. The lowest BCUT2D eigenvalue weighted by molar-refractivity contribution is -0.138. The van der Waals surface area contributed by atoms with Crippen LogP contribution in [0.5, 0.6) is 0 Å². The van der Waals surface area contributed by atoms with Gasteiger partial charge in [0.1, 0.15) is 11.8 Å². The van der Waals surface area contributed by atoms with Gasteiger partial charge in [-0.25, -0.2) is 9.97 Å². The number of carbonyl (C=O) groups excluding carboxylic acids is 1. The van der Waals surface area contributed by atoms with E-state index in [4.69, 9.17) is 4.74 Å². The second kappa shape index (κ2) is 11.5. The van der Waals surface area contributed by atoms with Gasteiger partial charge in [0.15, 0.2) is 0 Å². The monoisotopic (exact) mass is 432 g/mol. The van der Waals surface area contributed by atoms with E-state index >= 15 is 0 Å². The number of hydrogen-bond donors (Lipinski definition) is 2. The average Bonchev–Trinajstić information content (AvgIpc) is 3.21. The molecule has 3 rings (SSSR count). The Morgan fingerprint density at radius 2 is 1.90 bits per heavy atom. The highest BCUT2D eigenvalue weighted by molar-refractivity contribution is 7.84. The van der Waals surface area contributed by atoms with Crippen molar-refractivity contribution >= 4 is 35.0 Å². The Kier molecular flexibility index (Phi) is 9.10. The topological polar surface area (TPSA) is 102 Å². The molecule has 2 aromatic rings. The van der Waals surface area contributed by atoms with E-state index in [0.717, 1.165) is 24.4 Å². The summed E-state index contributed by atoms with van der Waals surface area (Å²) in [5.41, 5.74) is 1.66. The highest BCUT2D eigenvalue weighted by Crippen LogP contribution is 2.15. The van der Waals surface area contributed by atoms with Gasteiger partial charge in [-0.3, -0.25) is 14.3 Å². The first kappa shape index (κ1) is 23.7. The Hall–Kier alpha value is -2.62. The number of anilines is 2. The van der Waals surface area contributed by atoms with Crippen LogP contribution in [-0.4, -0.2) is 51.9 Å². The van der Waals surface area contributed by atoms with Gasteiger partial charge >= 0.3 is 0 Å². The zero-order valence-corrected chi connectivity index (χ0v) is 18.4. The van der Waals surface area contributed by atoms with Gasteiger partial charge in [0, 0.05) is 30.9 Å². The standard InChI is InChI=1S/C16H18N4O2S.C5H10O2/c1-23(21)14-10-18-16(19-11-14)20-13-5-2-12(3-6-13)4-7-15-17-8-9-22-15;1-5(2,3)7-4-6/h2-7,10-11,15,17H,8-9H2,1H3,(H,18,19,20);4H,1-3H3. The maximum absolute atomic E-state index is 11.3. The van der Waals surface area contributed by atoms with Crippen LogP contribution in [0.1, 0.15) is 26.3 Å². The predicted octanol–water partition coefficient (Wildman–Crippen LogP) is 2.87. The minimum atomic E-state index is -1.07. The number of aromatic nitrogens is 2. The summed E-state index contributed by atoms with van der Waals surface area (Å²) in [7, 11) is -1.07. The first-order valence-electron chi connectivity index (χ1n) is 9.44. The molecule has 162 valence electrons. The van der Waals surface area contributed by atoms with Gasteiger partial charge in [-0.2, -0.15) is 0 Å². The van der Waals surface area contributed by atoms with Crippen molar-refractivity contribution in [1.29, 1.82) is 0 Å². The quantitative estimate of drug-likeness (QED) is 0.672. The van der Waals surface area contributed by atoms with E-state index in [9.17, 15) is 9.00 Å². The molecule has 0 amide bonds. The van der Waals surface area contributed by atoms with Crippen LogP contribution >= 0.6 is 0 Å². The van der Waals surface area contributed by atoms with Crippen molar-refractivity contribution in [2.75, 3.05) is 24.7 Å². The van der Waals surface area contributed by atoms with Gasteiger partial charge in [-0.1, -0.05) is 18.2 Å². The third-order valence-corrected chi connectivity index (χ3v) is 4.61. The van der Waals surface area contributed by atoms with Crippen molar-refractivity contribution in [2.24, 2.45) is 0 Å². The Morgan fingerprint density at radius 3 is 2.37 bits per heavy atom. The van der Waals surface area contributed by atoms with Crippen molar-refractivity contribution in [3.63, 3.8) is 0 Å². The molecular weight excluding hydrogens is 404 g/mol. The molecule has 30 heavy (non-hydrogen) atoms. The molecule has 0 spiro atoms. The number of rotatable bonds is 6. The van der Waals surface area contributed by atoms with Crippen molar-refractivity contribution in [3.05, 3.63) is 48.3 Å². The van der Waals surface area contributed by atoms with E-state index in [1.807, 2.05) is 57.2 Å². The second-order valence-electron chi connectivity index (χ2n) is 7.37. The molecule has 1 aliphatic heterocycles. The minimum Gasteiger partial charge on any atom is -0.462 e. The van der Waals surface area contributed by atoms with Crippen LogP contribution < -0.4 is 10.6 Å². The molecule has 1 saturated heterocycles. The van der Waals surface area contributed by atoms with Crippen molar-refractivity contribution < 1.29 is 18.5 Å². The Labute approximate surface area is 179 Å². The lowest BCUT2D eigenvalue weighted by atomic mass is 10.2. The summed E-state index contributed by atoms with van der Waals surface area (Å²) in [6, 6.07) is 7.92. The van der Waals surface area contributed by atoms with Crippen LogP contribution in [0.25, 0.3) is 6.08 Å². The fraction of sp³-hybridized carbons (Fsp3) is 0.381. The maximum atomic E-state index is 11.3. The fourth-order valence-electron chi connectivity index (χ4n) is 2.25. The molecule has 8 nitrogen and oxygen atoms in total.